The molecule has 1 atom stereocenters. The van der Waals surface area contributed by atoms with Crippen LogP contribution in [0.2, 0.25) is 0 Å². The van der Waals surface area contributed by atoms with Gasteiger partial charge in [0.15, 0.2) is 0 Å². The Morgan fingerprint density at radius 3 is 2.13 bits per heavy atom. The van der Waals surface area contributed by atoms with Gasteiger partial charge in [-0.05, 0) is 23.7 Å². The first-order chi connectivity index (χ1) is 6.84. The Kier molecular flexibility index (Phi) is 4.19. The first-order valence-electron chi connectivity index (χ1n) is 6.28. The Hall–Kier alpha value is -0.0800. The highest BCUT2D eigenvalue weighted by atomic mass is 15.2. The van der Waals surface area contributed by atoms with E-state index in [4.69, 9.17) is 5.73 Å². The molecule has 0 saturated carbocycles. The third-order valence-corrected chi connectivity index (χ3v) is 3.67. The van der Waals surface area contributed by atoms with Crippen molar-refractivity contribution in [3.63, 3.8) is 0 Å². The Morgan fingerprint density at radius 1 is 1.27 bits per heavy atom. The van der Waals surface area contributed by atoms with Crippen LogP contribution < -0.4 is 5.73 Å². The molecule has 0 bridgehead atoms. The lowest BCUT2D eigenvalue weighted by atomic mass is 9.75. The highest BCUT2D eigenvalue weighted by molar-refractivity contribution is 4.91. The van der Waals surface area contributed by atoms with Crippen molar-refractivity contribution < 1.29 is 0 Å². The molecule has 1 saturated heterocycles. The average Bonchev–Trinajstić information content (AvgIpc) is 1.96. The Balaban J connectivity index is 2.36. The molecule has 0 spiro atoms. The van der Waals surface area contributed by atoms with Gasteiger partial charge in [-0.2, -0.15) is 0 Å². The molecular weight excluding hydrogens is 184 g/mol. The SMILES string of the molecule is CC(C)CC(CN)N1CC(C(C)(C)C)C1. The smallest absolute Gasteiger partial charge is 0.0221 e. The fourth-order valence-corrected chi connectivity index (χ4v) is 2.30. The van der Waals surface area contributed by atoms with Crippen LogP contribution in [-0.4, -0.2) is 30.6 Å². The molecule has 0 radical (unpaired) electrons. The predicted molar refractivity (Wildman–Crippen MR) is 66.8 cm³/mol. The maximum Gasteiger partial charge on any atom is 0.0221 e. The van der Waals surface area contributed by atoms with E-state index < -0.39 is 0 Å². The predicted octanol–water partition coefficient (Wildman–Crippen LogP) is 2.34. The largest absolute Gasteiger partial charge is 0.329 e. The van der Waals surface area contributed by atoms with E-state index in [-0.39, 0.29) is 0 Å². The molecule has 0 aromatic heterocycles. The van der Waals surface area contributed by atoms with E-state index in [2.05, 4.69) is 39.5 Å². The minimum atomic E-state index is 0.466. The van der Waals surface area contributed by atoms with Crippen LogP contribution in [-0.2, 0) is 0 Å². The van der Waals surface area contributed by atoms with Crippen molar-refractivity contribution in [3.05, 3.63) is 0 Å². The number of nitrogens with two attached hydrogens (primary N) is 1. The summed E-state index contributed by atoms with van der Waals surface area (Å²) in [4.78, 5) is 2.57. The zero-order chi connectivity index (χ0) is 11.6. The van der Waals surface area contributed by atoms with Crippen LogP contribution in [0.4, 0.5) is 0 Å². The Morgan fingerprint density at radius 2 is 1.80 bits per heavy atom. The summed E-state index contributed by atoms with van der Waals surface area (Å²) in [6, 6.07) is 0.614. The molecule has 0 aromatic rings. The zero-order valence-electron chi connectivity index (χ0n) is 11.1. The fraction of sp³-hybridized carbons (Fsp3) is 1.00. The minimum Gasteiger partial charge on any atom is -0.329 e. The van der Waals surface area contributed by atoms with Gasteiger partial charge in [-0.1, -0.05) is 34.6 Å². The van der Waals surface area contributed by atoms with E-state index in [0.717, 1.165) is 18.4 Å². The second-order valence-electron chi connectivity index (χ2n) is 6.54. The maximum atomic E-state index is 5.84. The molecule has 2 N–H and O–H groups in total. The van der Waals surface area contributed by atoms with Gasteiger partial charge in [0.2, 0.25) is 0 Å². The van der Waals surface area contributed by atoms with E-state index in [1.165, 1.54) is 19.5 Å². The van der Waals surface area contributed by atoms with Gasteiger partial charge in [-0.25, -0.2) is 0 Å². The lowest BCUT2D eigenvalue weighted by Gasteiger charge is -2.50. The van der Waals surface area contributed by atoms with Gasteiger partial charge in [-0.3, -0.25) is 4.90 Å². The first kappa shape index (κ1) is 13.0. The van der Waals surface area contributed by atoms with E-state index >= 15 is 0 Å². The lowest BCUT2D eigenvalue weighted by molar-refractivity contribution is -0.0100. The van der Waals surface area contributed by atoms with Gasteiger partial charge in [0.25, 0.3) is 0 Å². The van der Waals surface area contributed by atoms with E-state index in [1.54, 1.807) is 0 Å². The monoisotopic (exact) mass is 212 g/mol. The normalized spacial score (nSPS) is 21.8. The van der Waals surface area contributed by atoms with Crippen molar-refractivity contribution in [2.24, 2.45) is 23.0 Å². The standard InChI is InChI=1S/C13H28N2/c1-10(2)6-12(7-14)15-8-11(9-15)13(3,4)5/h10-12H,6-9,14H2,1-5H3. The minimum absolute atomic E-state index is 0.466. The molecule has 0 amide bonds. The number of hydrogen-bond acceptors (Lipinski definition) is 2. The van der Waals surface area contributed by atoms with Crippen LogP contribution in [0.5, 0.6) is 0 Å². The molecule has 90 valence electrons. The molecule has 1 fully saturated rings. The summed E-state index contributed by atoms with van der Waals surface area (Å²) >= 11 is 0. The summed E-state index contributed by atoms with van der Waals surface area (Å²) in [6.45, 7) is 14.9. The van der Waals surface area contributed by atoms with Gasteiger partial charge in [0.1, 0.15) is 0 Å². The van der Waals surface area contributed by atoms with Crippen LogP contribution in [0.3, 0.4) is 0 Å². The summed E-state index contributed by atoms with van der Waals surface area (Å²) in [5, 5.41) is 0. The summed E-state index contributed by atoms with van der Waals surface area (Å²) < 4.78 is 0. The van der Waals surface area contributed by atoms with Crippen LogP contribution in [0.25, 0.3) is 0 Å². The molecule has 1 unspecified atom stereocenters. The summed E-state index contributed by atoms with van der Waals surface area (Å²) in [5.41, 5.74) is 6.31. The molecule has 0 aliphatic carbocycles. The number of hydrogen-bond donors (Lipinski definition) is 1. The quantitative estimate of drug-likeness (QED) is 0.775. The van der Waals surface area contributed by atoms with Crippen LogP contribution in [0.15, 0.2) is 0 Å². The number of likely N-dealkylation sites (tertiary alicyclic amines) is 1. The third kappa shape index (κ3) is 3.46. The molecule has 1 aliphatic rings. The summed E-state index contributed by atoms with van der Waals surface area (Å²) in [6.07, 6.45) is 1.24. The first-order valence-corrected chi connectivity index (χ1v) is 6.28. The van der Waals surface area contributed by atoms with Crippen LogP contribution in [0.1, 0.15) is 41.0 Å². The lowest BCUT2D eigenvalue weighted by Crippen LogP contribution is -2.58. The van der Waals surface area contributed by atoms with Gasteiger partial charge in [0, 0.05) is 25.7 Å². The molecule has 1 rings (SSSR count). The van der Waals surface area contributed by atoms with Gasteiger partial charge in [0.05, 0.1) is 0 Å². The van der Waals surface area contributed by atoms with Crippen molar-refractivity contribution >= 4 is 0 Å². The van der Waals surface area contributed by atoms with Gasteiger partial charge < -0.3 is 5.73 Å². The average molecular weight is 212 g/mol. The van der Waals surface area contributed by atoms with E-state index in [1.807, 2.05) is 0 Å². The zero-order valence-corrected chi connectivity index (χ0v) is 11.1. The fourth-order valence-electron chi connectivity index (χ4n) is 2.30. The molecular formula is C13H28N2. The van der Waals surface area contributed by atoms with E-state index in [0.29, 0.717) is 11.5 Å². The Bertz CT molecular complexity index is 187. The van der Waals surface area contributed by atoms with Gasteiger partial charge >= 0.3 is 0 Å². The second kappa shape index (κ2) is 4.84. The van der Waals surface area contributed by atoms with Gasteiger partial charge in [-0.15, -0.1) is 0 Å². The van der Waals surface area contributed by atoms with E-state index in [9.17, 15) is 0 Å². The third-order valence-electron chi connectivity index (χ3n) is 3.67. The van der Waals surface area contributed by atoms with Crippen molar-refractivity contribution in [3.8, 4) is 0 Å². The second-order valence-corrected chi connectivity index (χ2v) is 6.54. The number of nitrogens with zero attached hydrogens (tertiary/aromatic N) is 1. The Labute approximate surface area is 95.2 Å². The topological polar surface area (TPSA) is 29.3 Å². The molecule has 1 heterocycles. The molecule has 2 nitrogen and oxygen atoms in total. The molecule has 0 aromatic carbocycles. The van der Waals surface area contributed by atoms with Crippen molar-refractivity contribution in [2.45, 2.75) is 47.1 Å². The maximum absolute atomic E-state index is 5.84. The molecule has 2 heteroatoms. The molecule has 15 heavy (non-hydrogen) atoms. The number of rotatable bonds is 4. The summed E-state index contributed by atoms with van der Waals surface area (Å²) in [5.74, 6) is 1.62. The van der Waals surface area contributed by atoms with Crippen molar-refractivity contribution in [1.82, 2.24) is 4.90 Å². The highest BCUT2D eigenvalue weighted by Gasteiger charge is 2.38. The summed E-state index contributed by atoms with van der Waals surface area (Å²) in [7, 11) is 0. The molecule has 1 aliphatic heterocycles. The highest BCUT2D eigenvalue weighted by Crippen LogP contribution is 2.35. The van der Waals surface area contributed by atoms with Crippen molar-refractivity contribution in [2.75, 3.05) is 19.6 Å². The van der Waals surface area contributed by atoms with Crippen molar-refractivity contribution in [1.29, 1.82) is 0 Å². The van der Waals surface area contributed by atoms with Crippen LogP contribution in [0, 0.1) is 17.3 Å². The van der Waals surface area contributed by atoms with Crippen LogP contribution >= 0.6 is 0 Å².